The molecule has 2 N–H and O–H groups in total. The van der Waals surface area contributed by atoms with Gasteiger partial charge in [0.2, 0.25) is 5.88 Å². The predicted molar refractivity (Wildman–Crippen MR) is 101 cm³/mol. The number of aromatic nitrogens is 8. The Morgan fingerprint density at radius 1 is 1.07 bits per heavy atom. The van der Waals surface area contributed by atoms with Gasteiger partial charge in [0.15, 0.2) is 17.3 Å². The van der Waals surface area contributed by atoms with Crippen molar-refractivity contribution in [2.45, 2.75) is 6.42 Å². The first-order valence-corrected chi connectivity index (χ1v) is 8.66. The normalized spacial score (nSPS) is 11.3. The third-order valence-corrected chi connectivity index (χ3v) is 4.36. The van der Waals surface area contributed by atoms with Gasteiger partial charge in [0.1, 0.15) is 6.33 Å². The number of aromatic hydroxyl groups is 1. The van der Waals surface area contributed by atoms with Crippen molar-refractivity contribution in [2.75, 3.05) is 5.32 Å². The third kappa shape index (κ3) is 2.85. The van der Waals surface area contributed by atoms with E-state index in [1.165, 1.54) is 17.0 Å². The number of nitrogens with zero attached hydrogens (tertiary/aromatic N) is 8. The van der Waals surface area contributed by atoms with Crippen LogP contribution in [-0.4, -0.2) is 44.5 Å². The molecule has 0 saturated heterocycles. The molecule has 10 nitrogen and oxygen atoms in total. The molecule has 11 heteroatoms. The Balaban J connectivity index is 1.50. The van der Waals surface area contributed by atoms with E-state index in [-0.39, 0.29) is 12.3 Å². The van der Waals surface area contributed by atoms with Crippen LogP contribution in [0.1, 0.15) is 11.4 Å². The molecule has 0 aliphatic carbocycles. The summed E-state index contributed by atoms with van der Waals surface area (Å²) < 4.78 is 2.87. The van der Waals surface area contributed by atoms with Crippen LogP contribution in [0.25, 0.3) is 11.4 Å². The van der Waals surface area contributed by atoms with Gasteiger partial charge in [-0.3, -0.25) is 0 Å². The molecule has 0 amide bonds. The van der Waals surface area contributed by atoms with Gasteiger partial charge in [-0.05, 0) is 30.3 Å². The lowest BCUT2D eigenvalue weighted by Gasteiger charge is -2.07. The van der Waals surface area contributed by atoms with Crippen molar-refractivity contribution in [2.24, 2.45) is 0 Å². The Morgan fingerprint density at radius 3 is 2.89 bits per heavy atom. The van der Waals surface area contributed by atoms with Gasteiger partial charge >= 0.3 is 0 Å². The van der Waals surface area contributed by atoms with Crippen LogP contribution in [0.5, 0.6) is 5.88 Å². The maximum absolute atomic E-state index is 10.4. The minimum atomic E-state index is -0.0487. The molecule has 5 rings (SSSR count). The van der Waals surface area contributed by atoms with Gasteiger partial charge in [0.05, 0.1) is 0 Å². The number of anilines is 2. The molecule has 4 aromatic heterocycles. The van der Waals surface area contributed by atoms with E-state index < -0.39 is 0 Å². The summed E-state index contributed by atoms with van der Waals surface area (Å²) in [5.74, 6) is 1.41. The van der Waals surface area contributed by atoms with Crippen molar-refractivity contribution >= 4 is 34.5 Å². The molecule has 0 fully saturated rings. The van der Waals surface area contributed by atoms with Gasteiger partial charge in [0.25, 0.3) is 5.78 Å². The molecule has 0 bridgehead atoms. The van der Waals surface area contributed by atoms with Crippen LogP contribution in [0.3, 0.4) is 0 Å². The summed E-state index contributed by atoms with van der Waals surface area (Å²) in [7, 11) is 0. The summed E-state index contributed by atoms with van der Waals surface area (Å²) in [5, 5.41) is 31.0. The maximum Gasteiger partial charge on any atom is 0.255 e. The topological polar surface area (TPSA) is 118 Å². The van der Waals surface area contributed by atoms with Crippen LogP contribution in [0.4, 0.5) is 11.5 Å². The lowest BCUT2D eigenvalue weighted by atomic mass is 10.2. The Labute approximate surface area is 162 Å². The number of nitrogens with one attached hydrogen (secondary N) is 1. The summed E-state index contributed by atoms with van der Waals surface area (Å²) in [6.07, 6.45) is 3.13. The third-order valence-electron chi connectivity index (χ3n) is 4.13. The number of rotatable bonds is 4. The highest BCUT2D eigenvalue weighted by Crippen LogP contribution is 2.21. The van der Waals surface area contributed by atoms with E-state index in [4.69, 9.17) is 11.6 Å². The number of hydrogen-bond acceptors (Lipinski definition) is 8. The fourth-order valence-corrected chi connectivity index (χ4v) is 3.01. The molecule has 1 aromatic carbocycles. The van der Waals surface area contributed by atoms with E-state index in [2.05, 4.69) is 35.7 Å². The fraction of sp³-hybridized carbons (Fsp3) is 0.0588. The number of halogens is 1. The zero-order chi connectivity index (χ0) is 19.1. The van der Waals surface area contributed by atoms with Gasteiger partial charge in [-0.25, -0.2) is 4.98 Å². The van der Waals surface area contributed by atoms with Gasteiger partial charge in [0, 0.05) is 28.9 Å². The molecule has 0 atom stereocenters. The Morgan fingerprint density at radius 2 is 2.00 bits per heavy atom. The second-order valence-corrected chi connectivity index (χ2v) is 6.43. The van der Waals surface area contributed by atoms with Crippen molar-refractivity contribution < 1.29 is 5.11 Å². The maximum atomic E-state index is 10.4. The van der Waals surface area contributed by atoms with Crippen molar-refractivity contribution in [1.82, 2.24) is 39.4 Å². The summed E-state index contributed by atoms with van der Waals surface area (Å²) in [6, 6.07) is 10.9. The monoisotopic (exact) mass is 393 g/mol. The molecular formula is C17H12ClN9O. The van der Waals surface area contributed by atoms with Crippen LogP contribution in [0, 0.1) is 0 Å². The highest BCUT2D eigenvalue weighted by molar-refractivity contribution is 6.30. The highest BCUT2D eigenvalue weighted by atomic mass is 35.5. The van der Waals surface area contributed by atoms with E-state index in [9.17, 15) is 5.11 Å². The Hall–Kier alpha value is -3.79. The molecule has 4 heterocycles. The first kappa shape index (κ1) is 16.4. The van der Waals surface area contributed by atoms with Crippen molar-refractivity contribution in [1.29, 1.82) is 0 Å². The zero-order valence-corrected chi connectivity index (χ0v) is 15.0. The molecule has 138 valence electrons. The summed E-state index contributed by atoms with van der Waals surface area (Å²) in [4.78, 5) is 8.11. The summed E-state index contributed by atoms with van der Waals surface area (Å²) in [5.41, 5.74) is 1.93. The average molecular weight is 394 g/mol. The summed E-state index contributed by atoms with van der Waals surface area (Å²) in [6.45, 7) is 0. The Bertz CT molecular complexity index is 1310. The van der Waals surface area contributed by atoms with Crippen LogP contribution in [-0.2, 0) is 6.42 Å². The SMILES string of the molecule is Oc1c(Cc2nnc3ccc(Nc4cccc(Cl)c4)nn23)cnc2ncnn12. The molecule has 0 unspecified atom stereocenters. The van der Waals surface area contributed by atoms with Crippen LogP contribution in [0.15, 0.2) is 48.9 Å². The number of benzene rings is 1. The largest absolute Gasteiger partial charge is 0.493 e. The fourth-order valence-electron chi connectivity index (χ4n) is 2.82. The van der Waals surface area contributed by atoms with Crippen molar-refractivity contribution in [3.05, 3.63) is 65.3 Å². The molecule has 5 aromatic rings. The van der Waals surface area contributed by atoms with E-state index in [0.717, 1.165) is 5.69 Å². The van der Waals surface area contributed by atoms with Gasteiger partial charge < -0.3 is 10.4 Å². The lowest BCUT2D eigenvalue weighted by molar-refractivity contribution is 0.428. The van der Waals surface area contributed by atoms with Crippen molar-refractivity contribution in [3.63, 3.8) is 0 Å². The molecule has 28 heavy (non-hydrogen) atoms. The average Bonchev–Trinajstić information content (AvgIpc) is 3.32. The zero-order valence-electron chi connectivity index (χ0n) is 14.2. The van der Waals surface area contributed by atoms with Crippen LogP contribution < -0.4 is 5.32 Å². The van der Waals surface area contributed by atoms with E-state index >= 15 is 0 Å². The summed E-state index contributed by atoms with van der Waals surface area (Å²) >= 11 is 6.03. The van der Waals surface area contributed by atoms with Gasteiger partial charge in [-0.15, -0.1) is 15.3 Å². The molecule has 0 spiro atoms. The lowest BCUT2D eigenvalue weighted by Crippen LogP contribution is -2.05. The second kappa shape index (κ2) is 6.43. The standard InChI is InChI=1S/C17H12ClN9O/c18-11-2-1-3-12(7-11)22-13-4-5-14-23-24-15(26(14)25-13)6-10-8-19-17-20-9-21-27(17)16(10)28/h1-5,7-9,28H,6H2,(H,22,25). The molecule has 0 saturated carbocycles. The number of fused-ring (bicyclic) bond motifs is 2. The van der Waals surface area contributed by atoms with Gasteiger partial charge in [-0.2, -0.15) is 19.1 Å². The Kier molecular flexibility index (Phi) is 3.76. The minimum Gasteiger partial charge on any atom is -0.493 e. The van der Waals surface area contributed by atoms with Crippen molar-refractivity contribution in [3.8, 4) is 5.88 Å². The quantitative estimate of drug-likeness (QED) is 0.477. The molecule has 0 radical (unpaired) electrons. The van der Waals surface area contributed by atoms with E-state index in [0.29, 0.717) is 33.7 Å². The molecule has 0 aliphatic rings. The van der Waals surface area contributed by atoms with E-state index in [1.54, 1.807) is 28.8 Å². The number of hydrogen-bond donors (Lipinski definition) is 2. The molecular weight excluding hydrogens is 382 g/mol. The highest BCUT2D eigenvalue weighted by Gasteiger charge is 2.14. The van der Waals surface area contributed by atoms with Crippen LogP contribution >= 0.6 is 11.6 Å². The van der Waals surface area contributed by atoms with E-state index in [1.807, 2.05) is 12.1 Å². The first-order valence-electron chi connectivity index (χ1n) is 8.28. The molecule has 0 aliphatic heterocycles. The van der Waals surface area contributed by atoms with Gasteiger partial charge in [-0.1, -0.05) is 17.7 Å². The van der Waals surface area contributed by atoms with Crippen LogP contribution in [0.2, 0.25) is 5.02 Å². The minimum absolute atomic E-state index is 0.0487. The second-order valence-electron chi connectivity index (χ2n) is 6.00. The predicted octanol–water partition coefficient (Wildman–Crippen LogP) is 2.26. The first-order chi connectivity index (χ1) is 13.7. The smallest absolute Gasteiger partial charge is 0.255 e.